The van der Waals surface area contributed by atoms with Gasteiger partial charge in [-0.3, -0.25) is 4.79 Å². The summed E-state index contributed by atoms with van der Waals surface area (Å²) >= 11 is 0. The van der Waals surface area contributed by atoms with Gasteiger partial charge in [0.05, 0.1) is 0 Å². The van der Waals surface area contributed by atoms with E-state index < -0.39 is 36.8 Å². The van der Waals surface area contributed by atoms with Gasteiger partial charge in [-0.15, -0.1) is 0 Å². The minimum atomic E-state index is -5.68. The number of alkyl halides is 6. The van der Waals surface area contributed by atoms with Crippen molar-refractivity contribution in [1.82, 2.24) is 5.32 Å². The maximum atomic E-state index is 12.2. The van der Waals surface area contributed by atoms with Gasteiger partial charge in [0.1, 0.15) is 0 Å². The van der Waals surface area contributed by atoms with Crippen LogP contribution in [0.3, 0.4) is 0 Å². The minimum absolute atomic E-state index is 0.118. The second-order valence-electron chi connectivity index (χ2n) is 4.65. The van der Waals surface area contributed by atoms with Crippen molar-refractivity contribution in [2.75, 3.05) is 6.54 Å². The van der Waals surface area contributed by atoms with E-state index in [9.17, 15) is 31.1 Å². The van der Waals surface area contributed by atoms with E-state index in [1.54, 1.807) is 19.2 Å². The van der Waals surface area contributed by atoms with Gasteiger partial charge in [0.25, 0.3) is 0 Å². The summed E-state index contributed by atoms with van der Waals surface area (Å²) in [5, 5.41) is 1.60. The Morgan fingerprint density at radius 3 is 1.84 bits per heavy atom. The molecule has 0 saturated carbocycles. The smallest absolute Gasteiger partial charge is 0.354 e. The number of nitrogens with two attached hydrogens (primary N) is 1. The van der Waals surface area contributed by atoms with Crippen molar-refractivity contribution >= 4 is 5.91 Å². The van der Waals surface area contributed by atoms with Crippen molar-refractivity contribution < 1.29 is 31.1 Å². The molecular weight excluding hydrogens is 278 g/mol. The van der Waals surface area contributed by atoms with Crippen LogP contribution in [0.1, 0.15) is 20.3 Å². The molecule has 0 bridgehead atoms. The summed E-state index contributed by atoms with van der Waals surface area (Å²) in [6, 6.07) is -0.689. The number of carbonyl (C=O) groups is 1. The summed E-state index contributed by atoms with van der Waals surface area (Å²) < 4.78 is 73.1. The minimum Gasteiger partial charge on any atom is -0.354 e. The lowest BCUT2D eigenvalue weighted by Gasteiger charge is -2.23. The molecule has 0 aromatic rings. The number of hydrogen-bond donors (Lipinski definition) is 2. The zero-order valence-electron chi connectivity index (χ0n) is 10.4. The normalized spacial score (nSPS) is 14.9. The van der Waals surface area contributed by atoms with Crippen LogP contribution in [-0.2, 0) is 4.79 Å². The summed E-state index contributed by atoms with van der Waals surface area (Å²) in [5.74, 6) is -6.03. The standard InChI is InChI=1S/C10H16F6N2O/c1-5(2)3-6(17)4-18-8(19)7(9(11,12)13)10(14,15)16/h5-7H,3-4,17H2,1-2H3,(H,18,19). The third kappa shape index (κ3) is 6.65. The van der Waals surface area contributed by atoms with E-state index in [1.807, 2.05) is 0 Å². The first kappa shape index (κ1) is 18.0. The molecule has 0 aliphatic rings. The van der Waals surface area contributed by atoms with Crippen LogP contribution in [0.2, 0.25) is 0 Å². The number of nitrogens with one attached hydrogen (secondary N) is 1. The highest BCUT2D eigenvalue weighted by Crippen LogP contribution is 2.39. The van der Waals surface area contributed by atoms with Gasteiger partial charge < -0.3 is 11.1 Å². The van der Waals surface area contributed by atoms with E-state index in [2.05, 4.69) is 0 Å². The van der Waals surface area contributed by atoms with E-state index >= 15 is 0 Å². The third-order valence-corrected chi connectivity index (χ3v) is 2.23. The first-order valence-electron chi connectivity index (χ1n) is 5.52. The highest BCUT2D eigenvalue weighted by atomic mass is 19.4. The van der Waals surface area contributed by atoms with Crippen LogP contribution < -0.4 is 11.1 Å². The average molecular weight is 294 g/mol. The van der Waals surface area contributed by atoms with E-state index in [1.165, 1.54) is 0 Å². The SMILES string of the molecule is CC(C)CC(N)CNC(=O)C(C(F)(F)F)C(F)(F)F. The highest BCUT2D eigenvalue weighted by Gasteiger charge is 2.61. The second kappa shape index (κ2) is 6.44. The third-order valence-electron chi connectivity index (χ3n) is 2.23. The zero-order valence-corrected chi connectivity index (χ0v) is 10.4. The van der Waals surface area contributed by atoms with Crippen molar-refractivity contribution in [2.24, 2.45) is 17.6 Å². The molecule has 0 aromatic carbocycles. The van der Waals surface area contributed by atoms with Crippen LogP contribution in [0, 0.1) is 11.8 Å². The molecule has 0 heterocycles. The van der Waals surface area contributed by atoms with Gasteiger partial charge in [0.2, 0.25) is 11.8 Å². The quantitative estimate of drug-likeness (QED) is 0.764. The molecule has 0 aromatic heterocycles. The fraction of sp³-hybridized carbons (Fsp3) is 0.900. The van der Waals surface area contributed by atoms with Crippen LogP contribution in [0.25, 0.3) is 0 Å². The van der Waals surface area contributed by atoms with Crippen LogP contribution >= 0.6 is 0 Å². The second-order valence-corrected chi connectivity index (χ2v) is 4.65. The molecule has 19 heavy (non-hydrogen) atoms. The molecule has 1 unspecified atom stereocenters. The van der Waals surface area contributed by atoms with Gasteiger partial charge >= 0.3 is 12.4 Å². The van der Waals surface area contributed by atoms with Gasteiger partial charge in [-0.2, -0.15) is 26.3 Å². The van der Waals surface area contributed by atoms with E-state index in [0.717, 1.165) is 0 Å². The number of rotatable bonds is 5. The number of amides is 1. The predicted molar refractivity (Wildman–Crippen MR) is 56.0 cm³/mol. The maximum Gasteiger partial charge on any atom is 0.409 e. The summed E-state index contributed by atoms with van der Waals surface area (Å²) in [6.07, 6.45) is -11.0. The molecule has 3 N–H and O–H groups in total. The molecule has 1 atom stereocenters. The first-order valence-corrected chi connectivity index (χ1v) is 5.52. The number of halogens is 6. The van der Waals surface area contributed by atoms with Gasteiger partial charge in [-0.05, 0) is 12.3 Å². The molecule has 0 radical (unpaired) electrons. The highest BCUT2D eigenvalue weighted by molar-refractivity contribution is 5.80. The van der Waals surface area contributed by atoms with Gasteiger partial charge in [0.15, 0.2) is 0 Å². The fourth-order valence-electron chi connectivity index (χ4n) is 1.51. The largest absolute Gasteiger partial charge is 0.409 e. The summed E-state index contributed by atoms with van der Waals surface area (Å²) in [4.78, 5) is 11.0. The molecule has 0 spiro atoms. The summed E-state index contributed by atoms with van der Waals surface area (Å²) in [7, 11) is 0. The Balaban J connectivity index is 4.61. The van der Waals surface area contributed by atoms with Gasteiger partial charge in [-0.25, -0.2) is 0 Å². The Labute approximate surface area is 106 Å². The lowest BCUT2D eigenvalue weighted by molar-refractivity contribution is -0.274. The lowest BCUT2D eigenvalue weighted by atomic mass is 10.0. The Hall–Kier alpha value is -0.990. The Morgan fingerprint density at radius 2 is 1.53 bits per heavy atom. The summed E-state index contributed by atoms with van der Waals surface area (Å²) in [6.45, 7) is 3.14. The van der Waals surface area contributed by atoms with Crippen LogP contribution in [0.4, 0.5) is 26.3 Å². The topological polar surface area (TPSA) is 55.1 Å². The van der Waals surface area contributed by atoms with Crippen LogP contribution in [0.5, 0.6) is 0 Å². The molecule has 0 aliphatic carbocycles. The zero-order chi connectivity index (χ0) is 15.4. The van der Waals surface area contributed by atoms with Crippen molar-refractivity contribution in [3.05, 3.63) is 0 Å². The number of hydrogen-bond acceptors (Lipinski definition) is 2. The van der Waals surface area contributed by atoms with Gasteiger partial charge in [0, 0.05) is 12.6 Å². The van der Waals surface area contributed by atoms with Crippen molar-refractivity contribution in [3.8, 4) is 0 Å². The average Bonchev–Trinajstić information content (AvgIpc) is 2.08. The van der Waals surface area contributed by atoms with Crippen molar-refractivity contribution in [1.29, 1.82) is 0 Å². The van der Waals surface area contributed by atoms with E-state index in [-0.39, 0.29) is 5.92 Å². The molecule has 1 amide bonds. The van der Waals surface area contributed by atoms with E-state index in [4.69, 9.17) is 5.73 Å². The number of carbonyl (C=O) groups excluding carboxylic acids is 1. The van der Waals surface area contributed by atoms with E-state index in [0.29, 0.717) is 6.42 Å². The molecule has 9 heteroatoms. The molecule has 114 valence electrons. The molecule has 0 fully saturated rings. The maximum absolute atomic E-state index is 12.2. The first-order chi connectivity index (χ1) is 8.35. The Bertz CT molecular complexity index is 285. The predicted octanol–water partition coefficient (Wildman–Crippen LogP) is 2.22. The fourth-order valence-corrected chi connectivity index (χ4v) is 1.51. The molecule has 0 saturated heterocycles. The molecule has 0 rings (SSSR count). The Morgan fingerprint density at radius 1 is 1.11 bits per heavy atom. The van der Waals surface area contributed by atoms with Crippen LogP contribution in [-0.4, -0.2) is 30.8 Å². The summed E-state index contributed by atoms with van der Waals surface area (Å²) in [5.41, 5.74) is 5.46. The molecule has 3 nitrogen and oxygen atoms in total. The van der Waals surface area contributed by atoms with Crippen LogP contribution in [0.15, 0.2) is 0 Å². The molecule has 0 aliphatic heterocycles. The monoisotopic (exact) mass is 294 g/mol. The lowest BCUT2D eigenvalue weighted by Crippen LogP contribution is -2.50. The van der Waals surface area contributed by atoms with Gasteiger partial charge in [-0.1, -0.05) is 13.8 Å². The van der Waals surface area contributed by atoms with Crippen molar-refractivity contribution in [3.63, 3.8) is 0 Å². The molecular formula is C10H16F6N2O. The Kier molecular flexibility index (Phi) is 6.11. The van der Waals surface area contributed by atoms with Crippen molar-refractivity contribution in [2.45, 2.75) is 38.7 Å².